The lowest BCUT2D eigenvalue weighted by atomic mass is 10.0. The lowest BCUT2D eigenvalue weighted by Crippen LogP contribution is -2.20. The quantitative estimate of drug-likeness (QED) is 0.788. The number of rotatable bonds is 6. The van der Waals surface area contributed by atoms with E-state index in [-0.39, 0.29) is 12.4 Å². The Morgan fingerprint density at radius 1 is 1.29 bits per heavy atom. The van der Waals surface area contributed by atoms with Crippen LogP contribution in [0.25, 0.3) is 0 Å². The molecule has 0 bridgehead atoms. The van der Waals surface area contributed by atoms with Crippen LogP contribution in [0.5, 0.6) is 5.75 Å². The number of hydrogen-bond acceptors (Lipinski definition) is 2. The predicted octanol–water partition coefficient (Wildman–Crippen LogP) is 3.53. The van der Waals surface area contributed by atoms with Gasteiger partial charge in [-0.3, -0.25) is 0 Å². The molecule has 0 fully saturated rings. The maximum atomic E-state index is 5.77. The average molecular weight is 258 g/mol. The van der Waals surface area contributed by atoms with E-state index >= 15 is 0 Å². The van der Waals surface area contributed by atoms with Crippen LogP contribution < -0.4 is 10.1 Å². The van der Waals surface area contributed by atoms with Crippen molar-refractivity contribution < 1.29 is 4.74 Å². The van der Waals surface area contributed by atoms with Crippen molar-refractivity contribution in [1.29, 1.82) is 0 Å². The number of benzene rings is 1. The summed E-state index contributed by atoms with van der Waals surface area (Å²) in [6.07, 6.45) is 0. The summed E-state index contributed by atoms with van der Waals surface area (Å²) in [5.41, 5.74) is 2.55. The van der Waals surface area contributed by atoms with Crippen LogP contribution in [0.3, 0.4) is 0 Å². The van der Waals surface area contributed by atoms with Crippen molar-refractivity contribution in [3.8, 4) is 5.75 Å². The lowest BCUT2D eigenvalue weighted by Gasteiger charge is -2.12. The highest BCUT2D eigenvalue weighted by molar-refractivity contribution is 5.85. The van der Waals surface area contributed by atoms with Crippen LogP contribution in [-0.4, -0.2) is 19.7 Å². The van der Waals surface area contributed by atoms with Gasteiger partial charge in [-0.25, -0.2) is 0 Å². The normalized spacial score (nSPS) is 10.2. The van der Waals surface area contributed by atoms with Gasteiger partial charge < -0.3 is 10.1 Å². The van der Waals surface area contributed by atoms with E-state index in [9.17, 15) is 0 Å². The minimum absolute atomic E-state index is 0. The Morgan fingerprint density at radius 3 is 2.59 bits per heavy atom. The summed E-state index contributed by atoms with van der Waals surface area (Å²) in [5.74, 6) is 1.57. The summed E-state index contributed by atoms with van der Waals surface area (Å²) in [4.78, 5) is 0. The number of ether oxygens (including phenoxy) is 1. The van der Waals surface area contributed by atoms with E-state index < -0.39 is 0 Å². The smallest absolute Gasteiger partial charge is 0.122 e. The second-order valence-corrected chi connectivity index (χ2v) is 4.38. The van der Waals surface area contributed by atoms with Gasteiger partial charge in [-0.1, -0.05) is 32.9 Å². The molecule has 2 nitrogen and oxygen atoms in total. The number of hydrogen-bond donors (Lipinski definition) is 1. The molecule has 1 N–H and O–H groups in total. The van der Waals surface area contributed by atoms with E-state index in [1.165, 1.54) is 11.1 Å². The van der Waals surface area contributed by atoms with Gasteiger partial charge in [0.1, 0.15) is 12.4 Å². The maximum absolute atomic E-state index is 5.77. The van der Waals surface area contributed by atoms with Crippen molar-refractivity contribution in [3.05, 3.63) is 29.3 Å². The minimum Gasteiger partial charge on any atom is -0.492 e. The van der Waals surface area contributed by atoms with Gasteiger partial charge in [0.05, 0.1) is 0 Å². The number of likely N-dealkylation sites (N-methyl/N-ethyl adjacent to an activating group) is 1. The van der Waals surface area contributed by atoms with E-state index in [4.69, 9.17) is 4.74 Å². The summed E-state index contributed by atoms with van der Waals surface area (Å²) >= 11 is 0. The molecule has 0 spiro atoms. The molecule has 98 valence electrons. The molecule has 0 saturated heterocycles. The van der Waals surface area contributed by atoms with E-state index in [1.54, 1.807) is 0 Å². The van der Waals surface area contributed by atoms with Crippen molar-refractivity contribution in [2.45, 2.75) is 33.6 Å². The highest BCUT2D eigenvalue weighted by atomic mass is 35.5. The summed E-state index contributed by atoms with van der Waals surface area (Å²) in [6.45, 7) is 11.2. The van der Waals surface area contributed by atoms with E-state index in [1.807, 2.05) is 0 Å². The molecule has 17 heavy (non-hydrogen) atoms. The molecule has 0 heterocycles. The van der Waals surface area contributed by atoms with Crippen LogP contribution >= 0.6 is 12.4 Å². The third kappa shape index (κ3) is 5.42. The zero-order valence-electron chi connectivity index (χ0n) is 11.2. The van der Waals surface area contributed by atoms with Gasteiger partial charge in [-0.05, 0) is 36.6 Å². The van der Waals surface area contributed by atoms with Crippen LogP contribution in [0.15, 0.2) is 18.2 Å². The first-order valence-electron chi connectivity index (χ1n) is 6.09. The topological polar surface area (TPSA) is 21.3 Å². The standard InChI is InChI=1S/C14H23NO.ClH/c1-5-15-8-9-16-14-10-13(11(2)3)7-6-12(14)4;/h6-7,10-11,15H,5,8-9H2,1-4H3;1H. The number of nitrogens with one attached hydrogen (secondary N) is 1. The van der Waals surface area contributed by atoms with Crippen molar-refractivity contribution >= 4 is 12.4 Å². The number of aryl methyl sites for hydroxylation is 1. The van der Waals surface area contributed by atoms with Gasteiger partial charge in [-0.15, -0.1) is 12.4 Å². The molecule has 1 rings (SSSR count). The van der Waals surface area contributed by atoms with Crippen molar-refractivity contribution in [1.82, 2.24) is 5.32 Å². The largest absolute Gasteiger partial charge is 0.492 e. The van der Waals surface area contributed by atoms with Crippen LogP contribution in [0.2, 0.25) is 0 Å². The maximum Gasteiger partial charge on any atom is 0.122 e. The van der Waals surface area contributed by atoms with Gasteiger partial charge in [0.15, 0.2) is 0 Å². The van der Waals surface area contributed by atoms with Gasteiger partial charge in [-0.2, -0.15) is 0 Å². The van der Waals surface area contributed by atoms with Gasteiger partial charge in [0, 0.05) is 6.54 Å². The highest BCUT2D eigenvalue weighted by Crippen LogP contribution is 2.24. The van der Waals surface area contributed by atoms with Crippen molar-refractivity contribution in [3.63, 3.8) is 0 Å². The molecule has 0 unspecified atom stereocenters. The Kier molecular flexibility index (Phi) is 8.01. The Hall–Kier alpha value is -0.730. The van der Waals surface area contributed by atoms with Crippen LogP contribution in [0.1, 0.15) is 37.8 Å². The van der Waals surface area contributed by atoms with E-state index in [2.05, 4.69) is 51.2 Å². The Morgan fingerprint density at radius 2 is 2.00 bits per heavy atom. The van der Waals surface area contributed by atoms with Crippen LogP contribution in [0.4, 0.5) is 0 Å². The molecule has 1 aromatic carbocycles. The molecule has 1 aromatic rings. The Labute approximate surface area is 111 Å². The molecule has 3 heteroatoms. The molecule has 0 radical (unpaired) electrons. The zero-order valence-corrected chi connectivity index (χ0v) is 12.1. The van der Waals surface area contributed by atoms with Crippen LogP contribution in [-0.2, 0) is 0 Å². The second-order valence-electron chi connectivity index (χ2n) is 4.38. The van der Waals surface area contributed by atoms with E-state index in [0.717, 1.165) is 25.4 Å². The van der Waals surface area contributed by atoms with Crippen LogP contribution in [0, 0.1) is 6.92 Å². The van der Waals surface area contributed by atoms with E-state index in [0.29, 0.717) is 5.92 Å². The fourth-order valence-electron chi connectivity index (χ4n) is 1.54. The monoisotopic (exact) mass is 257 g/mol. The predicted molar refractivity (Wildman–Crippen MR) is 76.6 cm³/mol. The minimum atomic E-state index is 0. The number of halogens is 1. The molecular weight excluding hydrogens is 234 g/mol. The molecular formula is C14H24ClNO. The molecule has 0 aliphatic rings. The summed E-state index contributed by atoms with van der Waals surface area (Å²) < 4.78 is 5.77. The van der Waals surface area contributed by atoms with Gasteiger partial charge >= 0.3 is 0 Å². The lowest BCUT2D eigenvalue weighted by molar-refractivity contribution is 0.313. The molecule has 0 aliphatic carbocycles. The molecule has 0 atom stereocenters. The average Bonchev–Trinajstić information content (AvgIpc) is 2.26. The van der Waals surface area contributed by atoms with Crippen molar-refractivity contribution in [2.24, 2.45) is 0 Å². The third-order valence-corrected chi connectivity index (χ3v) is 2.67. The van der Waals surface area contributed by atoms with Crippen molar-refractivity contribution in [2.75, 3.05) is 19.7 Å². The van der Waals surface area contributed by atoms with Gasteiger partial charge in [0.2, 0.25) is 0 Å². The fourth-order valence-corrected chi connectivity index (χ4v) is 1.54. The summed E-state index contributed by atoms with van der Waals surface area (Å²) in [6, 6.07) is 6.47. The first-order chi connectivity index (χ1) is 7.65. The second kappa shape index (κ2) is 8.37. The SMILES string of the molecule is CCNCCOc1cc(C(C)C)ccc1C.Cl. The highest BCUT2D eigenvalue weighted by Gasteiger charge is 2.04. The molecule has 0 aromatic heterocycles. The zero-order chi connectivity index (χ0) is 12.0. The fraction of sp³-hybridized carbons (Fsp3) is 0.571. The molecule has 0 saturated carbocycles. The molecule has 0 amide bonds. The first-order valence-corrected chi connectivity index (χ1v) is 6.09. The summed E-state index contributed by atoms with van der Waals surface area (Å²) in [5, 5.41) is 3.25. The first kappa shape index (κ1) is 16.3. The summed E-state index contributed by atoms with van der Waals surface area (Å²) in [7, 11) is 0. The molecule has 0 aliphatic heterocycles. The van der Waals surface area contributed by atoms with Gasteiger partial charge in [0.25, 0.3) is 0 Å². The Bertz CT molecular complexity index is 326. The Balaban J connectivity index is 0.00000256. The third-order valence-electron chi connectivity index (χ3n) is 2.67.